The number of nitrogens with two attached hydrogens (primary N) is 1. The molecule has 1 aromatic carbocycles. The number of oxime groups is 1. The van der Waals surface area contributed by atoms with E-state index >= 15 is 0 Å². The third-order valence-electron chi connectivity index (χ3n) is 1.91. The first kappa shape index (κ1) is 7.79. The Bertz CT molecular complexity index is 359. The highest BCUT2D eigenvalue weighted by Crippen LogP contribution is 2.21. The second kappa shape index (κ2) is 2.90. The van der Waals surface area contributed by atoms with Crippen LogP contribution in [0.25, 0.3) is 0 Å². The summed E-state index contributed by atoms with van der Waals surface area (Å²) >= 11 is 0. The monoisotopic (exact) mass is 176 g/mol. The van der Waals surface area contributed by atoms with Crippen molar-refractivity contribution in [3.05, 3.63) is 35.9 Å². The molecule has 0 aromatic heterocycles. The Morgan fingerprint density at radius 1 is 1.31 bits per heavy atom. The van der Waals surface area contributed by atoms with Crippen molar-refractivity contribution in [2.75, 3.05) is 0 Å². The van der Waals surface area contributed by atoms with Crippen molar-refractivity contribution < 1.29 is 9.63 Å². The van der Waals surface area contributed by atoms with Gasteiger partial charge >= 0.3 is 5.97 Å². The Hall–Kier alpha value is -1.84. The van der Waals surface area contributed by atoms with Gasteiger partial charge in [0.15, 0.2) is 5.84 Å². The third kappa shape index (κ3) is 1.26. The van der Waals surface area contributed by atoms with Crippen molar-refractivity contribution in [2.45, 2.75) is 5.92 Å². The minimum atomic E-state index is -0.527. The smallest absolute Gasteiger partial charge is 0.350 e. The average molecular weight is 176 g/mol. The molecule has 1 aliphatic heterocycles. The quantitative estimate of drug-likeness (QED) is 0.637. The minimum Gasteiger partial charge on any atom is -0.383 e. The van der Waals surface area contributed by atoms with Gasteiger partial charge in [0, 0.05) is 0 Å². The molecular weight excluding hydrogens is 168 g/mol. The standard InChI is InChI=1S/C9H8N2O2/c10-8-7(9(12)13-11-8)6-4-2-1-3-5-6/h1-5,7H,(H2,10,11). The van der Waals surface area contributed by atoms with Gasteiger partial charge in [0.1, 0.15) is 5.92 Å². The fourth-order valence-corrected chi connectivity index (χ4v) is 1.28. The summed E-state index contributed by atoms with van der Waals surface area (Å²) < 4.78 is 0. The van der Waals surface area contributed by atoms with E-state index in [4.69, 9.17) is 5.73 Å². The van der Waals surface area contributed by atoms with E-state index in [2.05, 4.69) is 9.99 Å². The number of amidine groups is 1. The molecule has 13 heavy (non-hydrogen) atoms. The van der Waals surface area contributed by atoms with Crippen LogP contribution in [0.2, 0.25) is 0 Å². The largest absolute Gasteiger partial charge is 0.383 e. The number of hydrogen-bond donors (Lipinski definition) is 1. The van der Waals surface area contributed by atoms with Gasteiger partial charge in [-0.25, -0.2) is 4.79 Å². The molecular formula is C9H8N2O2. The van der Waals surface area contributed by atoms with E-state index < -0.39 is 11.9 Å². The van der Waals surface area contributed by atoms with Crippen molar-refractivity contribution in [1.82, 2.24) is 0 Å². The van der Waals surface area contributed by atoms with Crippen LogP contribution in [0.1, 0.15) is 11.5 Å². The van der Waals surface area contributed by atoms with E-state index in [1.54, 1.807) is 0 Å². The molecule has 2 rings (SSSR count). The lowest BCUT2D eigenvalue weighted by atomic mass is 9.99. The molecule has 1 heterocycles. The summed E-state index contributed by atoms with van der Waals surface area (Å²) in [7, 11) is 0. The third-order valence-corrected chi connectivity index (χ3v) is 1.91. The van der Waals surface area contributed by atoms with Crippen LogP contribution >= 0.6 is 0 Å². The minimum absolute atomic E-state index is 0.219. The first-order chi connectivity index (χ1) is 6.29. The molecule has 1 aromatic rings. The molecule has 0 saturated carbocycles. The molecule has 0 fully saturated rings. The molecule has 1 aliphatic rings. The van der Waals surface area contributed by atoms with Crippen molar-refractivity contribution in [1.29, 1.82) is 0 Å². The highest BCUT2D eigenvalue weighted by molar-refractivity contribution is 6.08. The van der Waals surface area contributed by atoms with Gasteiger partial charge in [0.25, 0.3) is 0 Å². The van der Waals surface area contributed by atoms with Gasteiger partial charge in [-0.3, -0.25) is 0 Å². The second-order valence-electron chi connectivity index (χ2n) is 2.77. The first-order valence-corrected chi connectivity index (χ1v) is 3.88. The van der Waals surface area contributed by atoms with Crippen molar-refractivity contribution in [2.24, 2.45) is 10.9 Å². The van der Waals surface area contributed by atoms with Crippen LogP contribution in [-0.4, -0.2) is 11.8 Å². The summed E-state index contributed by atoms with van der Waals surface area (Å²) in [5, 5.41) is 3.42. The summed E-state index contributed by atoms with van der Waals surface area (Å²) in [6.45, 7) is 0. The molecule has 66 valence electrons. The topological polar surface area (TPSA) is 64.7 Å². The Balaban J connectivity index is 2.36. The zero-order valence-corrected chi connectivity index (χ0v) is 6.81. The molecule has 2 N–H and O–H groups in total. The molecule has 0 radical (unpaired) electrons. The van der Waals surface area contributed by atoms with Gasteiger partial charge in [-0.15, -0.1) is 0 Å². The predicted molar refractivity (Wildman–Crippen MR) is 46.9 cm³/mol. The molecule has 1 unspecified atom stereocenters. The number of hydrogen-bond acceptors (Lipinski definition) is 4. The maximum atomic E-state index is 11.2. The van der Waals surface area contributed by atoms with Gasteiger partial charge in [-0.1, -0.05) is 35.5 Å². The van der Waals surface area contributed by atoms with Crippen LogP contribution in [0.15, 0.2) is 35.5 Å². The summed E-state index contributed by atoms with van der Waals surface area (Å²) in [4.78, 5) is 15.6. The van der Waals surface area contributed by atoms with Crippen LogP contribution < -0.4 is 5.73 Å². The molecule has 0 bridgehead atoms. The van der Waals surface area contributed by atoms with Crippen LogP contribution in [-0.2, 0) is 9.63 Å². The SMILES string of the molecule is NC1=NOC(=O)C1c1ccccc1. The van der Waals surface area contributed by atoms with Gasteiger partial charge in [-0.05, 0) is 5.56 Å². The second-order valence-corrected chi connectivity index (χ2v) is 2.77. The zero-order chi connectivity index (χ0) is 9.26. The average Bonchev–Trinajstić information content (AvgIpc) is 2.48. The molecule has 0 amide bonds. The van der Waals surface area contributed by atoms with Gasteiger partial charge in [-0.2, -0.15) is 0 Å². The molecule has 1 atom stereocenters. The first-order valence-electron chi connectivity index (χ1n) is 3.88. The molecule has 4 nitrogen and oxygen atoms in total. The Morgan fingerprint density at radius 3 is 2.54 bits per heavy atom. The van der Waals surface area contributed by atoms with Crippen LogP contribution in [0, 0.1) is 0 Å². The zero-order valence-electron chi connectivity index (χ0n) is 6.81. The van der Waals surface area contributed by atoms with Crippen LogP contribution in [0.5, 0.6) is 0 Å². The molecule has 0 saturated heterocycles. The Morgan fingerprint density at radius 2 is 2.00 bits per heavy atom. The lowest BCUT2D eigenvalue weighted by Crippen LogP contribution is -2.22. The van der Waals surface area contributed by atoms with Gasteiger partial charge < -0.3 is 10.6 Å². The van der Waals surface area contributed by atoms with Crippen LogP contribution in [0.4, 0.5) is 0 Å². The maximum Gasteiger partial charge on any atom is 0.350 e. The number of nitrogens with zero attached hydrogens (tertiary/aromatic N) is 1. The van der Waals surface area contributed by atoms with E-state index in [0.29, 0.717) is 0 Å². The van der Waals surface area contributed by atoms with E-state index in [-0.39, 0.29) is 5.84 Å². The Labute approximate surface area is 75.0 Å². The van der Waals surface area contributed by atoms with Crippen molar-refractivity contribution in [3.63, 3.8) is 0 Å². The van der Waals surface area contributed by atoms with E-state index in [9.17, 15) is 4.79 Å². The fraction of sp³-hybridized carbons (Fsp3) is 0.111. The van der Waals surface area contributed by atoms with Gasteiger partial charge in [0.05, 0.1) is 0 Å². The number of carbonyl (C=O) groups excluding carboxylic acids is 1. The van der Waals surface area contributed by atoms with Crippen molar-refractivity contribution in [3.8, 4) is 0 Å². The van der Waals surface area contributed by atoms with E-state index in [1.807, 2.05) is 30.3 Å². The predicted octanol–water partition coefficient (Wildman–Crippen LogP) is 0.599. The lowest BCUT2D eigenvalue weighted by Gasteiger charge is -2.04. The maximum absolute atomic E-state index is 11.2. The number of rotatable bonds is 1. The van der Waals surface area contributed by atoms with Crippen molar-refractivity contribution >= 4 is 11.8 Å². The van der Waals surface area contributed by atoms with E-state index in [1.165, 1.54) is 0 Å². The summed E-state index contributed by atoms with van der Waals surface area (Å²) in [6, 6.07) is 9.19. The highest BCUT2D eigenvalue weighted by Gasteiger charge is 2.32. The highest BCUT2D eigenvalue weighted by atomic mass is 16.7. The Kier molecular flexibility index (Phi) is 1.73. The van der Waals surface area contributed by atoms with E-state index in [0.717, 1.165) is 5.56 Å². The summed E-state index contributed by atoms with van der Waals surface area (Å²) in [5.41, 5.74) is 6.32. The molecule has 4 heteroatoms. The summed E-state index contributed by atoms with van der Waals surface area (Å²) in [6.07, 6.45) is 0. The lowest BCUT2D eigenvalue weighted by molar-refractivity contribution is -0.141. The van der Waals surface area contributed by atoms with Gasteiger partial charge in [0.2, 0.25) is 0 Å². The molecule has 0 aliphatic carbocycles. The summed E-state index contributed by atoms with van der Waals surface area (Å²) in [5.74, 6) is -0.721. The number of carbonyl (C=O) groups is 1. The fourth-order valence-electron chi connectivity index (χ4n) is 1.28. The number of benzene rings is 1. The normalized spacial score (nSPS) is 21.1. The molecule has 0 spiro atoms. The van der Waals surface area contributed by atoms with Crippen LogP contribution in [0.3, 0.4) is 0 Å².